The molecule has 0 saturated heterocycles. The van der Waals surface area contributed by atoms with E-state index in [1.165, 1.54) is 0 Å². The molecule has 0 bridgehead atoms. The maximum absolute atomic E-state index is 11.7. The molecule has 0 aliphatic heterocycles. The van der Waals surface area contributed by atoms with Gasteiger partial charge in [0.2, 0.25) is 5.91 Å². The highest BCUT2D eigenvalue weighted by Gasteiger charge is 2.23. The first-order valence-corrected chi connectivity index (χ1v) is 6.14. The zero-order valence-electron chi connectivity index (χ0n) is 10.8. The number of thiocarbonyl (C=S) groups is 1. The molecule has 1 N–H and O–H groups in total. The van der Waals surface area contributed by atoms with E-state index in [1.54, 1.807) is 20.8 Å². The molecule has 1 amide bonds. The Morgan fingerprint density at radius 3 is 2.22 bits per heavy atom. The lowest BCUT2D eigenvalue weighted by atomic mass is 9.89. The molecule has 1 aromatic rings. The van der Waals surface area contributed by atoms with Gasteiger partial charge in [-0.2, -0.15) is 0 Å². The molecule has 4 heteroatoms. The molecule has 0 aliphatic rings. The van der Waals surface area contributed by atoms with Gasteiger partial charge in [0.25, 0.3) is 0 Å². The van der Waals surface area contributed by atoms with Gasteiger partial charge in [-0.1, -0.05) is 63.3 Å². The molecule has 96 valence electrons. The van der Waals surface area contributed by atoms with Crippen LogP contribution in [0.3, 0.4) is 0 Å². The Bertz CT molecular complexity index is 460. The van der Waals surface area contributed by atoms with Gasteiger partial charge in [-0.3, -0.25) is 9.59 Å². The number of hydrogen-bond acceptors (Lipinski definition) is 3. The van der Waals surface area contributed by atoms with Crippen LogP contribution in [0.5, 0.6) is 0 Å². The molecule has 1 rings (SSSR count). The molecule has 0 atom stereocenters. The van der Waals surface area contributed by atoms with Gasteiger partial charge in [0.15, 0.2) is 0 Å². The minimum absolute atomic E-state index is 0.101. The third-order valence-electron chi connectivity index (χ3n) is 2.45. The zero-order chi connectivity index (χ0) is 13.8. The summed E-state index contributed by atoms with van der Waals surface area (Å²) in [4.78, 5) is 23.7. The smallest absolute Gasteiger partial charge is 0.232 e. The first-order chi connectivity index (χ1) is 8.30. The van der Waals surface area contributed by atoms with Crippen molar-refractivity contribution in [2.45, 2.75) is 27.2 Å². The van der Waals surface area contributed by atoms with Crippen LogP contribution in [0.1, 0.15) is 32.8 Å². The summed E-state index contributed by atoms with van der Waals surface area (Å²) in [5.74, 6) is -0.459. The van der Waals surface area contributed by atoms with E-state index in [-0.39, 0.29) is 18.1 Å². The molecule has 0 heterocycles. The number of nitrogens with one attached hydrogen (secondary N) is 1. The summed E-state index contributed by atoms with van der Waals surface area (Å²) < 4.78 is 0. The second kappa shape index (κ2) is 5.87. The number of amides is 1. The summed E-state index contributed by atoms with van der Waals surface area (Å²) in [7, 11) is 0. The highest BCUT2D eigenvalue weighted by atomic mass is 32.1. The van der Waals surface area contributed by atoms with Crippen LogP contribution >= 0.6 is 12.2 Å². The number of carbonyl (C=O) groups is 2. The zero-order valence-corrected chi connectivity index (χ0v) is 11.6. The first kappa shape index (κ1) is 14.5. The molecule has 0 aliphatic carbocycles. The van der Waals surface area contributed by atoms with E-state index < -0.39 is 5.41 Å². The van der Waals surface area contributed by atoms with E-state index in [0.29, 0.717) is 4.99 Å². The van der Waals surface area contributed by atoms with Gasteiger partial charge in [0, 0.05) is 11.0 Å². The normalized spacial score (nSPS) is 10.8. The van der Waals surface area contributed by atoms with Crippen molar-refractivity contribution in [1.82, 2.24) is 5.32 Å². The van der Waals surface area contributed by atoms with Crippen molar-refractivity contribution in [2.75, 3.05) is 0 Å². The largest absolute Gasteiger partial charge is 0.316 e. The Morgan fingerprint density at radius 1 is 1.17 bits per heavy atom. The van der Waals surface area contributed by atoms with Crippen molar-refractivity contribution in [3.05, 3.63) is 35.9 Å². The lowest BCUT2D eigenvalue weighted by Gasteiger charge is -2.16. The Labute approximate surface area is 113 Å². The van der Waals surface area contributed by atoms with Crippen molar-refractivity contribution in [2.24, 2.45) is 5.41 Å². The molecule has 0 fully saturated rings. The summed E-state index contributed by atoms with van der Waals surface area (Å²) in [5, 5.41) is 2.57. The van der Waals surface area contributed by atoms with Crippen molar-refractivity contribution in [3.63, 3.8) is 0 Å². The number of ketones is 1. The summed E-state index contributed by atoms with van der Waals surface area (Å²) in [6, 6.07) is 9.18. The number of rotatable bonds is 3. The lowest BCUT2D eigenvalue weighted by molar-refractivity contribution is -0.131. The SMILES string of the molecule is CC(C)(C)C(=O)CC(=O)NC(=S)c1ccccc1. The molecule has 3 nitrogen and oxygen atoms in total. The van der Waals surface area contributed by atoms with E-state index in [9.17, 15) is 9.59 Å². The van der Waals surface area contributed by atoms with E-state index in [1.807, 2.05) is 30.3 Å². The summed E-state index contributed by atoms with van der Waals surface area (Å²) in [5.41, 5.74) is 0.259. The molecule has 0 unspecified atom stereocenters. The Kier molecular flexibility index (Phi) is 4.73. The van der Waals surface area contributed by atoms with Gasteiger partial charge >= 0.3 is 0 Å². The monoisotopic (exact) mass is 263 g/mol. The Balaban J connectivity index is 2.57. The Morgan fingerprint density at radius 2 is 1.72 bits per heavy atom. The second-order valence-electron chi connectivity index (χ2n) is 5.09. The van der Waals surface area contributed by atoms with Crippen molar-refractivity contribution in [1.29, 1.82) is 0 Å². The average Bonchev–Trinajstić information content (AvgIpc) is 2.28. The minimum Gasteiger partial charge on any atom is -0.316 e. The van der Waals surface area contributed by atoms with Crippen LogP contribution in [0.25, 0.3) is 0 Å². The fourth-order valence-electron chi connectivity index (χ4n) is 1.24. The van der Waals surface area contributed by atoms with Gasteiger partial charge in [-0.25, -0.2) is 0 Å². The van der Waals surface area contributed by atoms with Crippen molar-refractivity contribution >= 4 is 28.9 Å². The van der Waals surface area contributed by atoms with Crippen LogP contribution in [0.2, 0.25) is 0 Å². The van der Waals surface area contributed by atoms with Gasteiger partial charge in [0.1, 0.15) is 10.8 Å². The highest BCUT2D eigenvalue weighted by molar-refractivity contribution is 7.80. The van der Waals surface area contributed by atoms with E-state index in [2.05, 4.69) is 5.32 Å². The number of benzene rings is 1. The van der Waals surface area contributed by atoms with Crippen LogP contribution in [0.4, 0.5) is 0 Å². The van der Waals surface area contributed by atoms with E-state index in [0.717, 1.165) is 5.56 Å². The van der Waals surface area contributed by atoms with Crippen LogP contribution < -0.4 is 5.32 Å². The van der Waals surface area contributed by atoms with Crippen LogP contribution in [0, 0.1) is 5.41 Å². The third kappa shape index (κ3) is 4.37. The number of Topliss-reactive ketones (excluding diaryl/α,β-unsaturated/α-hetero) is 1. The van der Waals surface area contributed by atoms with Crippen LogP contribution in [-0.4, -0.2) is 16.7 Å². The van der Waals surface area contributed by atoms with Crippen LogP contribution in [-0.2, 0) is 9.59 Å². The highest BCUT2D eigenvalue weighted by Crippen LogP contribution is 2.16. The third-order valence-corrected chi connectivity index (χ3v) is 2.78. The van der Waals surface area contributed by atoms with Crippen LogP contribution in [0.15, 0.2) is 30.3 Å². The summed E-state index contributed by atoms with van der Waals surface area (Å²) in [6.45, 7) is 5.37. The van der Waals surface area contributed by atoms with E-state index >= 15 is 0 Å². The fourth-order valence-corrected chi connectivity index (χ4v) is 1.49. The molecule has 0 spiro atoms. The minimum atomic E-state index is -0.508. The second-order valence-corrected chi connectivity index (χ2v) is 5.50. The predicted octanol–water partition coefficient (Wildman–Crippen LogP) is 2.48. The maximum atomic E-state index is 11.7. The van der Waals surface area contributed by atoms with E-state index in [4.69, 9.17) is 12.2 Å². The number of hydrogen-bond donors (Lipinski definition) is 1. The quantitative estimate of drug-likeness (QED) is 0.673. The van der Waals surface area contributed by atoms with Crippen molar-refractivity contribution in [3.8, 4) is 0 Å². The molecular weight excluding hydrogens is 246 g/mol. The van der Waals surface area contributed by atoms with Crippen molar-refractivity contribution < 1.29 is 9.59 Å². The molecule has 18 heavy (non-hydrogen) atoms. The average molecular weight is 263 g/mol. The molecule has 0 radical (unpaired) electrons. The van der Waals surface area contributed by atoms with Gasteiger partial charge in [-0.05, 0) is 0 Å². The first-order valence-electron chi connectivity index (χ1n) is 5.73. The molecule has 0 aromatic heterocycles. The standard InChI is InChI=1S/C14H17NO2S/c1-14(2,3)11(16)9-12(17)15-13(18)10-7-5-4-6-8-10/h4-8H,9H2,1-3H3,(H,15,17,18). The molecular formula is C14H17NO2S. The summed E-state index contributed by atoms with van der Waals surface area (Å²) in [6.07, 6.45) is -0.142. The van der Waals surface area contributed by atoms with Gasteiger partial charge in [-0.15, -0.1) is 0 Å². The van der Waals surface area contributed by atoms with Gasteiger partial charge < -0.3 is 5.32 Å². The van der Waals surface area contributed by atoms with Gasteiger partial charge in [0.05, 0.1) is 6.42 Å². The fraction of sp³-hybridized carbons (Fsp3) is 0.357. The topological polar surface area (TPSA) is 46.2 Å². The molecule has 1 aromatic carbocycles. The lowest BCUT2D eigenvalue weighted by Crippen LogP contribution is -2.34. The molecule has 0 saturated carbocycles. The summed E-state index contributed by atoms with van der Waals surface area (Å²) >= 11 is 5.10. The predicted molar refractivity (Wildman–Crippen MR) is 75.4 cm³/mol. The maximum Gasteiger partial charge on any atom is 0.232 e. The number of carbonyl (C=O) groups excluding carboxylic acids is 2. The Hall–Kier alpha value is -1.55.